The maximum Gasteiger partial charge on any atom is 0.0107 e. The first-order valence-electron chi connectivity index (χ1n) is 3.71. The summed E-state index contributed by atoms with van der Waals surface area (Å²) in [5.41, 5.74) is 5.31. The van der Waals surface area contributed by atoms with E-state index in [0.717, 1.165) is 0 Å². The Morgan fingerprint density at radius 1 is 1.45 bits per heavy atom. The number of hydrogen-bond donors (Lipinski definition) is 1. The molecule has 2 N–H and O–H groups in total. The summed E-state index contributed by atoms with van der Waals surface area (Å²) in [5.74, 6) is 1.10. The van der Waals surface area contributed by atoms with Crippen molar-refractivity contribution >= 4 is 12.4 Å². The van der Waals surface area contributed by atoms with Gasteiger partial charge in [0, 0.05) is 6.54 Å². The summed E-state index contributed by atoms with van der Waals surface area (Å²) < 4.78 is 0. The maximum absolute atomic E-state index is 5.31. The molecular formula is C9H18ClN. The minimum absolute atomic E-state index is 0. The monoisotopic (exact) mass is 175 g/mol. The van der Waals surface area contributed by atoms with Crippen LogP contribution in [0.3, 0.4) is 0 Å². The van der Waals surface area contributed by atoms with Crippen LogP contribution in [-0.4, -0.2) is 6.54 Å². The predicted molar refractivity (Wildman–Crippen MR) is 54.0 cm³/mol. The van der Waals surface area contributed by atoms with Gasteiger partial charge < -0.3 is 5.73 Å². The fourth-order valence-electron chi connectivity index (χ4n) is 0.809. The summed E-state index contributed by atoms with van der Waals surface area (Å²) in [5, 5.41) is 0. The molecule has 0 spiro atoms. The van der Waals surface area contributed by atoms with Crippen LogP contribution >= 0.6 is 12.4 Å². The summed E-state index contributed by atoms with van der Waals surface area (Å²) in [6.07, 6.45) is 6.04. The first-order chi connectivity index (χ1) is 4.72. The molecule has 0 amide bonds. The van der Waals surface area contributed by atoms with E-state index in [0.29, 0.717) is 18.4 Å². The molecule has 66 valence electrons. The van der Waals surface area contributed by atoms with Gasteiger partial charge in [-0.25, -0.2) is 0 Å². The second kappa shape index (κ2) is 7.83. The van der Waals surface area contributed by atoms with Gasteiger partial charge in [-0.1, -0.05) is 32.1 Å². The van der Waals surface area contributed by atoms with E-state index in [9.17, 15) is 0 Å². The second-order valence-electron chi connectivity index (χ2n) is 2.72. The lowest BCUT2D eigenvalue weighted by atomic mass is 9.96. The molecule has 0 fully saturated rings. The largest absolute Gasteiger partial charge is 0.327 e. The normalized spacial score (nSPS) is 13.1. The Labute approximate surface area is 75.8 Å². The minimum atomic E-state index is 0. The van der Waals surface area contributed by atoms with Crippen LogP contribution in [0.5, 0.6) is 0 Å². The Bertz CT molecular complexity index is 119. The van der Waals surface area contributed by atoms with Crippen LogP contribution in [0.25, 0.3) is 0 Å². The molecular weight excluding hydrogens is 158 g/mol. The summed E-state index contributed by atoms with van der Waals surface area (Å²) in [6, 6.07) is 0. The van der Waals surface area contributed by atoms with E-state index in [4.69, 9.17) is 5.73 Å². The molecule has 0 radical (unpaired) electrons. The number of nitrogens with two attached hydrogens (primary N) is 1. The summed E-state index contributed by atoms with van der Waals surface area (Å²) >= 11 is 0. The highest BCUT2D eigenvalue weighted by atomic mass is 35.5. The van der Waals surface area contributed by atoms with Gasteiger partial charge in [-0.3, -0.25) is 0 Å². The standard InChI is InChI=1S/C9H17N.ClH/c1-4-9(8(2)3)6-5-7-10;/h4-6,8-9H,1,7,10H2,2-3H3;1H/t9-;/m0./s1. The lowest BCUT2D eigenvalue weighted by Crippen LogP contribution is -2.02. The van der Waals surface area contributed by atoms with Crippen molar-refractivity contribution < 1.29 is 0 Å². The van der Waals surface area contributed by atoms with Crippen molar-refractivity contribution in [3.05, 3.63) is 24.8 Å². The zero-order chi connectivity index (χ0) is 7.98. The molecule has 0 rings (SSSR count). The van der Waals surface area contributed by atoms with Crippen molar-refractivity contribution in [2.24, 2.45) is 17.6 Å². The van der Waals surface area contributed by atoms with E-state index < -0.39 is 0 Å². The molecule has 0 heterocycles. The van der Waals surface area contributed by atoms with E-state index in [1.165, 1.54) is 0 Å². The maximum atomic E-state index is 5.31. The molecule has 0 bridgehead atoms. The molecule has 11 heavy (non-hydrogen) atoms. The molecule has 0 saturated carbocycles. The molecule has 0 aliphatic carbocycles. The molecule has 2 heteroatoms. The van der Waals surface area contributed by atoms with Crippen LogP contribution in [0.2, 0.25) is 0 Å². The SMILES string of the molecule is C=C[C@@H](C=CCN)C(C)C.Cl. The minimum Gasteiger partial charge on any atom is -0.327 e. The third-order valence-corrected chi connectivity index (χ3v) is 1.54. The fraction of sp³-hybridized carbons (Fsp3) is 0.556. The zero-order valence-corrected chi connectivity index (χ0v) is 8.10. The van der Waals surface area contributed by atoms with E-state index >= 15 is 0 Å². The van der Waals surface area contributed by atoms with Gasteiger partial charge in [0.2, 0.25) is 0 Å². The highest BCUT2D eigenvalue weighted by molar-refractivity contribution is 5.85. The van der Waals surface area contributed by atoms with E-state index in [-0.39, 0.29) is 12.4 Å². The summed E-state index contributed by atoms with van der Waals surface area (Å²) in [7, 11) is 0. The molecule has 0 aliphatic rings. The van der Waals surface area contributed by atoms with Crippen LogP contribution in [0.15, 0.2) is 24.8 Å². The third-order valence-electron chi connectivity index (χ3n) is 1.54. The quantitative estimate of drug-likeness (QED) is 0.653. The second-order valence-corrected chi connectivity index (χ2v) is 2.72. The van der Waals surface area contributed by atoms with Gasteiger partial charge in [0.25, 0.3) is 0 Å². The first kappa shape index (κ1) is 13.3. The van der Waals surface area contributed by atoms with Gasteiger partial charge in [-0.15, -0.1) is 19.0 Å². The molecule has 1 nitrogen and oxygen atoms in total. The Morgan fingerprint density at radius 2 is 2.00 bits per heavy atom. The van der Waals surface area contributed by atoms with E-state index in [1.54, 1.807) is 0 Å². The van der Waals surface area contributed by atoms with E-state index in [1.807, 2.05) is 12.2 Å². The molecule has 0 aromatic heterocycles. The van der Waals surface area contributed by atoms with Gasteiger partial charge in [0.05, 0.1) is 0 Å². The van der Waals surface area contributed by atoms with Crippen molar-refractivity contribution in [2.45, 2.75) is 13.8 Å². The number of hydrogen-bond acceptors (Lipinski definition) is 1. The average molecular weight is 176 g/mol. The van der Waals surface area contributed by atoms with Crippen LogP contribution in [0, 0.1) is 11.8 Å². The molecule has 0 aromatic carbocycles. The lowest BCUT2D eigenvalue weighted by Gasteiger charge is -2.10. The number of rotatable bonds is 4. The van der Waals surface area contributed by atoms with Gasteiger partial charge in [0.1, 0.15) is 0 Å². The van der Waals surface area contributed by atoms with Crippen LogP contribution in [0.4, 0.5) is 0 Å². The smallest absolute Gasteiger partial charge is 0.0107 e. The topological polar surface area (TPSA) is 26.0 Å². The summed E-state index contributed by atoms with van der Waals surface area (Å²) in [6.45, 7) is 8.71. The van der Waals surface area contributed by atoms with Gasteiger partial charge in [-0.05, 0) is 11.8 Å². The highest BCUT2D eigenvalue weighted by Crippen LogP contribution is 2.12. The number of allylic oxidation sites excluding steroid dienone is 2. The molecule has 0 aliphatic heterocycles. The molecule has 0 aromatic rings. The third kappa shape index (κ3) is 6.14. The van der Waals surface area contributed by atoms with Crippen molar-refractivity contribution in [3.63, 3.8) is 0 Å². The van der Waals surface area contributed by atoms with Gasteiger partial charge in [0.15, 0.2) is 0 Å². The van der Waals surface area contributed by atoms with Gasteiger partial charge >= 0.3 is 0 Å². The predicted octanol–water partition coefficient (Wildman–Crippen LogP) is 2.38. The lowest BCUT2D eigenvalue weighted by molar-refractivity contribution is 0.550. The van der Waals surface area contributed by atoms with E-state index in [2.05, 4.69) is 26.5 Å². The highest BCUT2D eigenvalue weighted by Gasteiger charge is 2.02. The Morgan fingerprint density at radius 3 is 2.27 bits per heavy atom. The van der Waals surface area contributed by atoms with Gasteiger partial charge in [-0.2, -0.15) is 0 Å². The number of halogens is 1. The molecule has 0 saturated heterocycles. The summed E-state index contributed by atoms with van der Waals surface area (Å²) in [4.78, 5) is 0. The van der Waals surface area contributed by atoms with Crippen molar-refractivity contribution in [1.82, 2.24) is 0 Å². The van der Waals surface area contributed by atoms with Crippen molar-refractivity contribution in [3.8, 4) is 0 Å². The molecule has 0 unspecified atom stereocenters. The Balaban J connectivity index is 0. The van der Waals surface area contributed by atoms with Crippen LogP contribution in [-0.2, 0) is 0 Å². The Kier molecular flexibility index (Phi) is 9.49. The first-order valence-corrected chi connectivity index (χ1v) is 3.71. The van der Waals surface area contributed by atoms with Crippen molar-refractivity contribution in [1.29, 1.82) is 0 Å². The zero-order valence-electron chi connectivity index (χ0n) is 7.29. The van der Waals surface area contributed by atoms with Crippen LogP contribution in [0.1, 0.15) is 13.8 Å². The fourth-order valence-corrected chi connectivity index (χ4v) is 0.809. The van der Waals surface area contributed by atoms with Crippen LogP contribution < -0.4 is 5.73 Å². The Hall–Kier alpha value is -0.270. The average Bonchev–Trinajstić information content (AvgIpc) is 1.89. The molecule has 1 atom stereocenters. The van der Waals surface area contributed by atoms with Crippen molar-refractivity contribution in [2.75, 3.05) is 6.54 Å².